The summed E-state index contributed by atoms with van der Waals surface area (Å²) in [4.78, 5) is 22.8. The number of carbonyl (C=O) groups is 1. The van der Waals surface area contributed by atoms with Crippen molar-refractivity contribution < 1.29 is 9.18 Å². The van der Waals surface area contributed by atoms with E-state index in [1.165, 1.54) is 23.5 Å². The van der Waals surface area contributed by atoms with Crippen molar-refractivity contribution in [2.45, 2.75) is 25.2 Å². The van der Waals surface area contributed by atoms with E-state index >= 15 is 0 Å². The molecule has 0 fully saturated rings. The van der Waals surface area contributed by atoms with E-state index in [4.69, 9.17) is 11.6 Å². The van der Waals surface area contributed by atoms with Crippen LogP contribution in [0.1, 0.15) is 20.3 Å². The van der Waals surface area contributed by atoms with Crippen molar-refractivity contribution in [3.63, 3.8) is 0 Å². The molecule has 0 saturated heterocycles. The summed E-state index contributed by atoms with van der Waals surface area (Å²) in [6.07, 6.45) is 0.386. The number of hydrogen-bond acceptors (Lipinski definition) is 5. The van der Waals surface area contributed by atoms with Gasteiger partial charge in [0.1, 0.15) is 5.82 Å². The van der Waals surface area contributed by atoms with E-state index in [0.29, 0.717) is 28.9 Å². The number of thioether (sulfide) groups is 1. The fraction of sp³-hybridized carbons (Fsp3) is 0.364. The Morgan fingerprint density at radius 1 is 1.13 bits per heavy atom. The minimum Gasteiger partial charge on any atom is -0.302 e. The van der Waals surface area contributed by atoms with E-state index in [0.717, 1.165) is 34.7 Å². The normalized spacial score (nSPS) is 11.4. The first-order chi connectivity index (χ1) is 14.5. The zero-order valence-corrected chi connectivity index (χ0v) is 19.5. The van der Waals surface area contributed by atoms with Crippen molar-refractivity contribution in [3.05, 3.63) is 53.3 Å². The molecule has 1 heterocycles. The van der Waals surface area contributed by atoms with Gasteiger partial charge in [-0.2, -0.15) is 0 Å². The molecule has 160 valence electrons. The van der Waals surface area contributed by atoms with Crippen molar-refractivity contribution in [2.24, 2.45) is 0 Å². The highest BCUT2D eigenvalue weighted by Gasteiger charge is 2.20. The van der Waals surface area contributed by atoms with Crippen LogP contribution in [0.2, 0.25) is 5.02 Å². The van der Waals surface area contributed by atoms with Gasteiger partial charge in [0.2, 0.25) is 5.91 Å². The van der Waals surface area contributed by atoms with Gasteiger partial charge in [-0.25, -0.2) is 9.37 Å². The van der Waals surface area contributed by atoms with Gasteiger partial charge in [-0.1, -0.05) is 36.8 Å². The smallest absolute Gasteiger partial charge is 0.229 e. The summed E-state index contributed by atoms with van der Waals surface area (Å²) in [5.41, 5.74) is 0.848. The van der Waals surface area contributed by atoms with Crippen LogP contribution in [0.15, 0.2) is 47.4 Å². The van der Waals surface area contributed by atoms with Crippen molar-refractivity contribution >= 4 is 56.0 Å². The molecular weight excluding hydrogens is 441 g/mol. The molecule has 8 heteroatoms. The molecule has 1 amide bonds. The zero-order valence-electron chi connectivity index (χ0n) is 17.1. The van der Waals surface area contributed by atoms with Gasteiger partial charge in [0, 0.05) is 35.2 Å². The topological polar surface area (TPSA) is 36.4 Å². The van der Waals surface area contributed by atoms with Crippen LogP contribution in [0.25, 0.3) is 10.2 Å². The summed E-state index contributed by atoms with van der Waals surface area (Å²) in [5.74, 6) is 0.416. The first-order valence-electron chi connectivity index (χ1n) is 9.97. The lowest BCUT2D eigenvalue weighted by Gasteiger charge is -2.24. The third-order valence-electron chi connectivity index (χ3n) is 4.80. The molecule has 0 N–H and O–H groups in total. The highest BCUT2D eigenvalue weighted by Crippen LogP contribution is 2.31. The first-order valence-corrected chi connectivity index (χ1v) is 12.1. The number of likely N-dealkylation sites (N-methyl/N-ethyl adjacent to an activating group) is 1. The van der Waals surface area contributed by atoms with E-state index in [-0.39, 0.29) is 11.7 Å². The maximum absolute atomic E-state index is 13.1. The van der Waals surface area contributed by atoms with Crippen molar-refractivity contribution in [1.29, 1.82) is 0 Å². The number of anilines is 1. The lowest BCUT2D eigenvalue weighted by Crippen LogP contribution is -2.39. The van der Waals surface area contributed by atoms with Gasteiger partial charge < -0.3 is 4.90 Å². The third kappa shape index (κ3) is 6.17. The number of carbonyl (C=O) groups excluding carboxylic acids is 1. The Kier molecular flexibility index (Phi) is 8.50. The molecule has 2 aromatic carbocycles. The number of rotatable bonds is 10. The quantitative estimate of drug-likeness (QED) is 0.347. The highest BCUT2D eigenvalue weighted by molar-refractivity contribution is 7.99. The maximum atomic E-state index is 13.1. The van der Waals surface area contributed by atoms with Crippen LogP contribution in [-0.2, 0) is 4.79 Å². The van der Waals surface area contributed by atoms with Crippen LogP contribution in [0.3, 0.4) is 0 Å². The van der Waals surface area contributed by atoms with Crippen molar-refractivity contribution in [1.82, 2.24) is 9.88 Å². The molecular formula is C22H25ClFN3OS2. The molecule has 0 saturated carbocycles. The Bertz CT molecular complexity index is 976. The number of benzene rings is 2. The molecule has 4 nitrogen and oxygen atoms in total. The molecule has 30 heavy (non-hydrogen) atoms. The summed E-state index contributed by atoms with van der Waals surface area (Å²) in [7, 11) is 0. The van der Waals surface area contributed by atoms with Crippen LogP contribution >= 0.6 is 34.7 Å². The van der Waals surface area contributed by atoms with E-state index in [2.05, 4.69) is 23.7 Å². The molecule has 3 rings (SSSR count). The SMILES string of the molecule is CCN(CC)CCN(C(=O)CCSc1ccc(F)cc1)c1nc2ccc(Cl)cc2s1. The fourth-order valence-corrected chi connectivity index (χ4v) is 5.16. The average molecular weight is 466 g/mol. The van der Waals surface area contributed by atoms with Crippen LogP contribution < -0.4 is 4.90 Å². The second-order valence-corrected chi connectivity index (χ2v) is 9.35. The molecule has 3 aromatic rings. The lowest BCUT2D eigenvalue weighted by molar-refractivity contribution is -0.118. The van der Waals surface area contributed by atoms with E-state index in [1.807, 2.05) is 18.2 Å². The molecule has 0 atom stereocenters. The minimum absolute atomic E-state index is 0.0434. The van der Waals surface area contributed by atoms with Gasteiger partial charge in [0.25, 0.3) is 0 Å². The number of nitrogens with zero attached hydrogens (tertiary/aromatic N) is 3. The average Bonchev–Trinajstić information content (AvgIpc) is 3.15. The van der Waals surface area contributed by atoms with E-state index < -0.39 is 0 Å². The van der Waals surface area contributed by atoms with Crippen molar-refractivity contribution in [2.75, 3.05) is 36.8 Å². The van der Waals surface area contributed by atoms with Gasteiger partial charge in [-0.05, 0) is 55.6 Å². The predicted octanol–water partition coefficient (Wildman–Crippen LogP) is 5.95. The molecule has 0 unspecified atom stereocenters. The summed E-state index contributed by atoms with van der Waals surface area (Å²) >= 11 is 9.15. The number of amides is 1. The fourth-order valence-electron chi connectivity index (χ4n) is 3.03. The van der Waals surface area contributed by atoms with Crippen LogP contribution in [0.5, 0.6) is 0 Å². The van der Waals surface area contributed by atoms with Crippen LogP contribution in [-0.4, -0.2) is 47.7 Å². The largest absolute Gasteiger partial charge is 0.302 e. The molecule has 0 aliphatic rings. The van der Waals surface area contributed by atoms with E-state index in [1.54, 1.807) is 28.8 Å². The van der Waals surface area contributed by atoms with Crippen LogP contribution in [0.4, 0.5) is 9.52 Å². The van der Waals surface area contributed by atoms with Crippen molar-refractivity contribution in [3.8, 4) is 0 Å². The molecule has 0 radical (unpaired) electrons. The monoisotopic (exact) mass is 465 g/mol. The van der Waals surface area contributed by atoms with Gasteiger partial charge in [0.05, 0.1) is 10.2 Å². The predicted molar refractivity (Wildman–Crippen MR) is 127 cm³/mol. The lowest BCUT2D eigenvalue weighted by atomic mass is 10.3. The van der Waals surface area contributed by atoms with Gasteiger partial charge in [-0.15, -0.1) is 11.8 Å². The van der Waals surface area contributed by atoms with E-state index in [9.17, 15) is 9.18 Å². The summed E-state index contributed by atoms with van der Waals surface area (Å²) in [6.45, 7) is 7.50. The highest BCUT2D eigenvalue weighted by atomic mass is 35.5. The number of aromatic nitrogens is 1. The Hall–Kier alpha value is -1.67. The molecule has 0 spiro atoms. The zero-order chi connectivity index (χ0) is 21.5. The summed E-state index contributed by atoms with van der Waals surface area (Å²) in [6, 6.07) is 11.9. The number of hydrogen-bond donors (Lipinski definition) is 0. The third-order valence-corrected chi connectivity index (χ3v) is 7.09. The first kappa shape index (κ1) is 23.0. The van der Waals surface area contributed by atoms with Gasteiger partial charge >= 0.3 is 0 Å². The van der Waals surface area contributed by atoms with Crippen LogP contribution in [0, 0.1) is 5.82 Å². The standard InChI is InChI=1S/C22H25ClFN3OS2/c1-3-26(4-2)12-13-27(22-25-19-10-5-16(23)15-20(19)30-22)21(28)11-14-29-18-8-6-17(24)7-9-18/h5-10,15H,3-4,11-14H2,1-2H3. The second-order valence-electron chi connectivity index (χ2n) is 6.73. The minimum atomic E-state index is -0.256. The molecule has 1 aromatic heterocycles. The Labute approximate surface area is 190 Å². The number of thiazole rings is 1. The molecule has 0 bridgehead atoms. The Balaban J connectivity index is 1.71. The maximum Gasteiger partial charge on any atom is 0.229 e. The Morgan fingerprint density at radius 3 is 2.57 bits per heavy atom. The Morgan fingerprint density at radius 2 is 1.87 bits per heavy atom. The molecule has 0 aliphatic carbocycles. The second kappa shape index (κ2) is 11.1. The number of fused-ring (bicyclic) bond motifs is 1. The van der Waals surface area contributed by atoms with Gasteiger partial charge in [-0.3, -0.25) is 9.69 Å². The summed E-state index contributed by atoms with van der Waals surface area (Å²) in [5, 5.41) is 1.37. The molecule has 0 aliphatic heterocycles. The number of halogens is 2. The van der Waals surface area contributed by atoms with Gasteiger partial charge in [0.15, 0.2) is 5.13 Å². The summed E-state index contributed by atoms with van der Waals surface area (Å²) < 4.78 is 14.0.